The van der Waals surface area contributed by atoms with E-state index in [1.807, 2.05) is 0 Å². The SMILES string of the molecule is CC(CCNC(C)(C)C)OC1CCN(C)CC1. The maximum atomic E-state index is 6.09. The summed E-state index contributed by atoms with van der Waals surface area (Å²) < 4.78 is 6.09. The second-order valence-electron chi connectivity index (χ2n) is 6.41. The molecular weight excluding hydrogens is 212 g/mol. The Kier molecular flexibility index (Phi) is 5.90. The molecule has 1 N–H and O–H groups in total. The quantitative estimate of drug-likeness (QED) is 0.800. The normalized spacial score (nSPS) is 21.7. The fourth-order valence-electron chi connectivity index (χ4n) is 2.17. The fourth-order valence-corrected chi connectivity index (χ4v) is 2.17. The summed E-state index contributed by atoms with van der Waals surface area (Å²) in [5, 5.41) is 3.51. The third-order valence-electron chi connectivity index (χ3n) is 3.30. The third-order valence-corrected chi connectivity index (χ3v) is 3.30. The van der Waals surface area contributed by atoms with Gasteiger partial charge in [0.05, 0.1) is 12.2 Å². The molecule has 1 fully saturated rings. The van der Waals surface area contributed by atoms with Crippen LogP contribution >= 0.6 is 0 Å². The monoisotopic (exact) mass is 242 g/mol. The lowest BCUT2D eigenvalue weighted by atomic mass is 10.1. The van der Waals surface area contributed by atoms with Crippen LogP contribution in [0.4, 0.5) is 0 Å². The van der Waals surface area contributed by atoms with Gasteiger partial charge in [0.25, 0.3) is 0 Å². The van der Waals surface area contributed by atoms with Gasteiger partial charge < -0.3 is 15.0 Å². The van der Waals surface area contributed by atoms with Gasteiger partial charge in [0.15, 0.2) is 0 Å². The Morgan fingerprint density at radius 3 is 2.41 bits per heavy atom. The molecular formula is C14H30N2O. The first-order valence-electron chi connectivity index (χ1n) is 6.96. The minimum Gasteiger partial charge on any atom is -0.375 e. The van der Waals surface area contributed by atoms with Crippen molar-refractivity contribution in [2.45, 2.75) is 64.7 Å². The molecule has 0 amide bonds. The van der Waals surface area contributed by atoms with E-state index in [1.165, 1.54) is 25.9 Å². The van der Waals surface area contributed by atoms with Crippen LogP contribution in [-0.2, 0) is 4.74 Å². The van der Waals surface area contributed by atoms with E-state index in [-0.39, 0.29) is 5.54 Å². The van der Waals surface area contributed by atoms with Gasteiger partial charge in [-0.1, -0.05) is 0 Å². The van der Waals surface area contributed by atoms with Gasteiger partial charge in [-0.15, -0.1) is 0 Å². The van der Waals surface area contributed by atoms with Gasteiger partial charge in [0.1, 0.15) is 0 Å². The number of ether oxygens (including phenoxy) is 1. The molecule has 1 heterocycles. The van der Waals surface area contributed by atoms with Crippen LogP contribution in [0.3, 0.4) is 0 Å². The number of hydrogen-bond acceptors (Lipinski definition) is 3. The molecule has 102 valence electrons. The van der Waals surface area contributed by atoms with Crippen molar-refractivity contribution in [2.24, 2.45) is 0 Å². The van der Waals surface area contributed by atoms with Crippen LogP contribution in [0, 0.1) is 0 Å². The maximum Gasteiger partial charge on any atom is 0.0603 e. The number of likely N-dealkylation sites (tertiary alicyclic amines) is 1. The van der Waals surface area contributed by atoms with Gasteiger partial charge in [-0.3, -0.25) is 0 Å². The lowest BCUT2D eigenvalue weighted by Crippen LogP contribution is -2.39. The molecule has 3 nitrogen and oxygen atoms in total. The van der Waals surface area contributed by atoms with Crippen molar-refractivity contribution in [1.29, 1.82) is 0 Å². The van der Waals surface area contributed by atoms with E-state index in [1.54, 1.807) is 0 Å². The first-order valence-corrected chi connectivity index (χ1v) is 6.96. The molecule has 1 aliphatic heterocycles. The Bertz CT molecular complexity index is 205. The van der Waals surface area contributed by atoms with Crippen LogP contribution in [0.5, 0.6) is 0 Å². The van der Waals surface area contributed by atoms with E-state index in [0.29, 0.717) is 12.2 Å². The Labute approximate surface area is 107 Å². The molecule has 1 saturated heterocycles. The van der Waals surface area contributed by atoms with Crippen molar-refractivity contribution >= 4 is 0 Å². The summed E-state index contributed by atoms with van der Waals surface area (Å²) in [4.78, 5) is 2.38. The first-order chi connectivity index (χ1) is 7.87. The van der Waals surface area contributed by atoms with E-state index in [9.17, 15) is 0 Å². The van der Waals surface area contributed by atoms with Crippen LogP contribution in [0.1, 0.15) is 47.0 Å². The Balaban J connectivity index is 2.10. The molecule has 0 bridgehead atoms. The lowest BCUT2D eigenvalue weighted by Gasteiger charge is -2.31. The summed E-state index contributed by atoms with van der Waals surface area (Å²) >= 11 is 0. The van der Waals surface area contributed by atoms with Crippen LogP contribution in [-0.4, -0.2) is 49.3 Å². The zero-order valence-corrected chi connectivity index (χ0v) is 12.3. The number of hydrogen-bond donors (Lipinski definition) is 1. The Morgan fingerprint density at radius 1 is 1.29 bits per heavy atom. The largest absolute Gasteiger partial charge is 0.375 e. The average molecular weight is 242 g/mol. The summed E-state index contributed by atoms with van der Waals surface area (Å²) in [5.41, 5.74) is 0.216. The molecule has 1 atom stereocenters. The minimum absolute atomic E-state index is 0.216. The molecule has 3 heteroatoms. The van der Waals surface area contributed by atoms with E-state index >= 15 is 0 Å². The van der Waals surface area contributed by atoms with E-state index < -0.39 is 0 Å². The lowest BCUT2D eigenvalue weighted by molar-refractivity contribution is -0.0344. The zero-order chi connectivity index (χ0) is 12.9. The van der Waals surface area contributed by atoms with Gasteiger partial charge >= 0.3 is 0 Å². The summed E-state index contributed by atoms with van der Waals surface area (Å²) in [6.07, 6.45) is 4.33. The molecule has 0 aromatic heterocycles. The van der Waals surface area contributed by atoms with Crippen molar-refractivity contribution in [1.82, 2.24) is 10.2 Å². The predicted molar refractivity (Wildman–Crippen MR) is 73.4 cm³/mol. The summed E-state index contributed by atoms with van der Waals surface area (Å²) in [6.45, 7) is 12.2. The van der Waals surface area contributed by atoms with E-state index in [0.717, 1.165) is 13.0 Å². The standard InChI is InChI=1S/C14H30N2O/c1-12(6-9-15-14(2,3)4)17-13-7-10-16(5)11-8-13/h12-13,15H,6-11H2,1-5H3. The van der Waals surface area contributed by atoms with Crippen molar-refractivity contribution in [3.63, 3.8) is 0 Å². The molecule has 0 aliphatic carbocycles. The van der Waals surface area contributed by atoms with Crippen LogP contribution < -0.4 is 5.32 Å². The highest BCUT2D eigenvalue weighted by atomic mass is 16.5. The van der Waals surface area contributed by atoms with Crippen LogP contribution in [0.15, 0.2) is 0 Å². The number of piperidine rings is 1. The van der Waals surface area contributed by atoms with E-state index in [4.69, 9.17) is 4.74 Å². The molecule has 0 aromatic rings. The highest BCUT2D eigenvalue weighted by Crippen LogP contribution is 2.15. The predicted octanol–water partition coefficient (Wildman–Crippen LogP) is 2.26. The highest BCUT2D eigenvalue weighted by molar-refractivity contribution is 4.73. The number of nitrogens with zero attached hydrogens (tertiary/aromatic N) is 1. The van der Waals surface area contributed by atoms with Crippen molar-refractivity contribution in [3.8, 4) is 0 Å². The smallest absolute Gasteiger partial charge is 0.0603 e. The van der Waals surface area contributed by atoms with Crippen molar-refractivity contribution in [3.05, 3.63) is 0 Å². The van der Waals surface area contributed by atoms with E-state index in [2.05, 4.69) is 45.0 Å². The van der Waals surface area contributed by atoms with Gasteiger partial charge in [-0.25, -0.2) is 0 Å². The van der Waals surface area contributed by atoms with Gasteiger partial charge in [0.2, 0.25) is 0 Å². The van der Waals surface area contributed by atoms with Crippen molar-refractivity contribution in [2.75, 3.05) is 26.7 Å². The molecule has 0 spiro atoms. The van der Waals surface area contributed by atoms with Crippen LogP contribution in [0.2, 0.25) is 0 Å². The molecule has 0 radical (unpaired) electrons. The summed E-state index contributed by atoms with van der Waals surface area (Å²) in [7, 11) is 2.19. The molecule has 17 heavy (non-hydrogen) atoms. The molecule has 1 aliphatic rings. The third kappa shape index (κ3) is 7.02. The van der Waals surface area contributed by atoms with Gasteiger partial charge in [-0.05, 0) is 60.5 Å². The topological polar surface area (TPSA) is 24.5 Å². The van der Waals surface area contributed by atoms with Crippen molar-refractivity contribution < 1.29 is 4.74 Å². The van der Waals surface area contributed by atoms with Gasteiger partial charge in [0, 0.05) is 18.6 Å². The minimum atomic E-state index is 0.216. The molecule has 0 aromatic carbocycles. The molecule has 1 rings (SSSR count). The molecule has 1 unspecified atom stereocenters. The number of rotatable bonds is 5. The second-order valence-corrected chi connectivity index (χ2v) is 6.41. The zero-order valence-electron chi connectivity index (χ0n) is 12.3. The second kappa shape index (κ2) is 6.72. The first kappa shape index (κ1) is 14.9. The maximum absolute atomic E-state index is 6.09. The average Bonchev–Trinajstić information content (AvgIpc) is 2.19. The van der Waals surface area contributed by atoms with Gasteiger partial charge in [-0.2, -0.15) is 0 Å². The Morgan fingerprint density at radius 2 is 1.88 bits per heavy atom. The Hall–Kier alpha value is -0.120. The summed E-state index contributed by atoms with van der Waals surface area (Å²) in [6, 6.07) is 0. The summed E-state index contributed by atoms with van der Waals surface area (Å²) in [5.74, 6) is 0. The molecule has 0 saturated carbocycles. The fraction of sp³-hybridized carbons (Fsp3) is 1.00. The highest BCUT2D eigenvalue weighted by Gasteiger charge is 2.19. The van der Waals surface area contributed by atoms with Crippen LogP contribution in [0.25, 0.3) is 0 Å². The number of nitrogens with one attached hydrogen (secondary N) is 1.